The molecule has 6 heteroatoms. The summed E-state index contributed by atoms with van der Waals surface area (Å²) in [4.78, 5) is 12.9. The van der Waals surface area contributed by atoms with Crippen LogP contribution in [0, 0.1) is 0 Å². The first-order valence-corrected chi connectivity index (χ1v) is 9.04. The average molecular weight is 353 g/mol. The van der Waals surface area contributed by atoms with Crippen molar-refractivity contribution < 1.29 is 4.79 Å². The number of thiocarbonyl (C=S) groups is 1. The standard InChI is InChI=1S/C16H17ClN2OS2/c17-13-11-8-4-5-9-12(11)22-14(13)15(20)19-16(21)18-10-6-2-1-3-7-10/h4-5,8-10H,1-3,6-7H2,(H2,18,19,20,21). The summed E-state index contributed by atoms with van der Waals surface area (Å²) in [6, 6.07) is 8.11. The largest absolute Gasteiger partial charge is 0.360 e. The Morgan fingerprint density at radius 1 is 1.23 bits per heavy atom. The van der Waals surface area contributed by atoms with Gasteiger partial charge in [0.05, 0.1) is 5.02 Å². The van der Waals surface area contributed by atoms with E-state index in [2.05, 4.69) is 10.6 Å². The minimum absolute atomic E-state index is 0.237. The van der Waals surface area contributed by atoms with Gasteiger partial charge in [0.1, 0.15) is 4.88 Å². The molecule has 116 valence electrons. The zero-order chi connectivity index (χ0) is 15.5. The Labute approximate surface area is 144 Å². The van der Waals surface area contributed by atoms with Crippen LogP contribution in [-0.4, -0.2) is 17.1 Å². The van der Waals surface area contributed by atoms with Gasteiger partial charge in [0.25, 0.3) is 5.91 Å². The maximum atomic E-state index is 12.4. The van der Waals surface area contributed by atoms with Gasteiger partial charge >= 0.3 is 0 Å². The molecule has 0 spiro atoms. The van der Waals surface area contributed by atoms with E-state index in [0.717, 1.165) is 22.9 Å². The molecule has 1 fully saturated rings. The minimum atomic E-state index is -0.237. The van der Waals surface area contributed by atoms with Gasteiger partial charge in [-0.1, -0.05) is 49.1 Å². The van der Waals surface area contributed by atoms with Crippen LogP contribution in [0.15, 0.2) is 24.3 Å². The van der Waals surface area contributed by atoms with Gasteiger partial charge in [0.15, 0.2) is 5.11 Å². The van der Waals surface area contributed by atoms with Crippen LogP contribution in [0.1, 0.15) is 41.8 Å². The Kier molecular flexibility index (Phi) is 4.96. The van der Waals surface area contributed by atoms with E-state index in [1.807, 2.05) is 24.3 Å². The topological polar surface area (TPSA) is 41.1 Å². The Morgan fingerprint density at radius 2 is 1.95 bits per heavy atom. The van der Waals surface area contributed by atoms with E-state index in [1.165, 1.54) is 30.6 Å². The van der Waals surface area contributed by atoms with Crippen LogP contribution < -0.4 is 10.6 Å². The zero-order valence-electron chi connectivity index (χ0n) is 12.0. The Hall–Kier alpha value is -1.17. The summed E-state index contributed by atoms with van der Waals surface area (Å²) in [5.74, 6) is -0.237. The normalized spacial score (nSPS) is 15.7. The molecule has 1 saturated carbocycles. The summed E-state index contributed by atoms with van der Waals surface area (Å²) in [7, 11) is 0. The van der Waals surface area contributed by atoms with Gasteiger partial charge in [0, 0.05) is 16.1 Å². The number of benzene rings is 1. The predicted molar refractivity (Wildman–Crippen MR) is 96.9 cm³/mol. The highest BCUT2D eigenvalue weighted by molar-refractivity contribution is 7.80. The molecule has 0 aliphatic heterocycles. The molecule has 1 heterocycles. The van der Waals surface area contributed by atoms with Crippen molar-refractivity contribution in [1.29, 1.82) is 0 Å². The molecule has 1 aliphatic rings. The first-order chi connectivity index (χ1) is 10.6. The van der Waals surface area contributed by atoms with Crippen molar-refractivity contribution in [2.75, 3.05) is 0 Å². The maximum absolute atomic E-state index is 12.4. The second-order valence-corrected chi connectivity index (χ2v) is 7.34. The number of hydrogen-bond donors (Lipinski definition) is 2. The van der Waals surface area contributed by atoms with Crippen LogP contribution in [0.25, 0.3) is 10.1 Å². The fraction of sp³-hybridized carbons (Fsp3) is 0.375. The van der Waals surface area contributed by atoms with E-state index < -0.39 is 0 Å². The van der Waals surface area contributed by atoms with Crippen molar-refractivity contribution in [3.8, 4) is 0 Å². The summed E-state index contributed by atoms with van der Waals surface area (Å²) in [6.07, 6.45) is 5.95. The maximum Gasteiger partial charge on any atom is 0.269 e. The molecule has 1 aromatic heterocycles. The highest BCUT2D eigenvalue weighted by Crippen LogP contribution is 2.34. The molecule has 3 nitrogen and oxygen atoms in total. The number of thiophene rings is 1. The van der Waals surface area contributed by atoms with E-state index in [1.54, 1.807) is 0 Å². The van der Waals surface area contributed by atoms with Gasteiger partial charge in [-0.15, -0.1) is 11.3 Å². The molecular formula is C16H17ClN2OS2. The van der Waals surface area contributed by atoms with Crippen LogP contribution >= 0.6 is 35.2 Å². The quantitative estimate of drug-likeness (QED) is 0.782. The Bertz CT molecular complexity index is 707. The molecule has 1 aromatic carbocycles. The monoisotopic (exact) mass is 352 g/mol. The van der Waals surface area contributed by atoms with Crippen LogP contribution in [0.4, 0.5) is 0 Å². The van der Waals surface area contributed by atoms with Gasteiger partial charge in [-0.2, -0.15) is 0 Å². The van der Waals surface area contributed by atoms with Crippen molar-refractivity contribution >= 4 is 56.3 Å². The number of amides is 1. The number of nitrogens with one attached hydrogen (secondary N) is 2. The number of carbonyl (C=O) groups excluding carboxylic acids is 1. The molecule has 0 unspecified atom stereocenters. The second-order valence-electron chi connectivity index (χ2n) is 5.50. The highest BCUT2D eigenvalue weighted by Gasteiger charge is 2.19. The van der Waals surface area contributed by atoms with Gasteiger partial charge < -0.3 is 5.32 Å². The van der Waals surface area contributed by atoms with Crippen molar-refractivity contribution in [2.45, 2.75) is 38.1 Å². The molecule has 0 bridgehead atoms. The SMILES string of the molecule is O=C(NC(=S)NC1CCCCC1)c1sc2ccccc2c1Cl. The fourth-order valence-electron chi connectivity index (χ4n) is 2.79. The molecule has 22 heavy (non-hydrogen) atoms. The van der Waals surface area contributed by atoms with Crippen LogP contribution in [-0.2, 0) is 0 Å². The summed E-state index contributed by atoms with van der Waals surface area (Å²) in [5.41, 5.74) is 0. The average Bonchev–Trinajstić information content (AvgIpc) is 2.86. The summed E-state index contributed by atoms with van der Waals surface area (Å²) >= 11 is 13.0. The number of halogens is 1. The second kappa shape index (κ2) is 6.94. The van der Waals surface area contributed by atoms with E-state index in [4.69, 9.17) is 23.8 Å². The van der Waals surface area contributed by atoms with E-state index >= 15 is 0 Å². The summed E-state index contributed by atoms with van der Waals surface area (Å²) < 4.78 is 1.00. The summed E-state index contributed by atoms with van der Waals surface area (Å²) in [6.45, 7) is 0. The minimum Gasteiger partial charge on any atom is -0.360 e. The lowest BCUT2D eigenvalue weighted by Gasteiger charge is -2.24. The van der Waals surface area contributed by atoms with Crippen molar-refractivity contribution in [2.24, 2.45) is 0 Å². The molecule has 0 atom stereocenters. The van der Waals surface area contributed by atoms with Crippen LogP contribution in [0.2, 0.25) is 5.02 Å². The molecule has 2 aromatic rings. The predicted octanol–water partition coefficient (Wildman–Crippen LogP) is 4.49. The van der Waals surface area contributed by atoms with Gasteiger partial charge in [-0.05, 0) is 31.1 Å². The lowest BCUT2D eigenvalue weighted by Crippen LogP contribution is -2.44. The highest BCUT2D eigenvalue weighted by atomic mass is 35.5. The van der Waals surface area contributed by atoms with E-state index in [0.29, 0.717) is 21.1 Å². The smallest absolute Gasteiger partial charge is 0.269 e. The first kappa shape index (κ1) is 15.7. The third kappa shape index (κ3) is 3.42. The Balaban J connectivity index is 1.67. The number of hydrogen-bond acceptors (Lipinski definition) is 3. The zero-order valence-corrected chi connectivity index (χ0v) is 14.4. The lowest BCUT2D eigenvalue weighted by molar-refractivity contribution is 0.0980. The van der Waals surface area contributed by atoms with Gasteiger partial charge in [0.2, 0.25) is 0 Å². The van der Waals surface area contributed by atoms with E-state index in [-0.39, 0.29) is 5.91 Å². The van der Waals surface area contributed by atoms with Gasteiger partial charge in [-0.25, -0.2) is 0 Å². The molecule has 0 saturated heterocycles. The Morgan fingerprint density at radius 3 is 2.68 bits per heavy atom. The van der Waals surface area contributed by atoms with Crippen LogP contribution in [0.3, 0.4) is 0 Å². The molecule has 0 radical (unpaired) electrons. The van der Waals surface area contributed by atoms with Gasteiger partial charge in [-0.3, -0.25) is 10.1 Å². The third-order valence-corrected chi connectivity index (χ3v) is 5.80. The molecule has 1 aliphatic carbocycles. The van der Waals surface area contributed by atoms with Crippen molar-refractivity contribution in [3.05, 3.63) is 34.2 Å². The fourth-order valence-corrected chi connectivity index (χ4v) is 4.46. The van der Waals surface area contributed by atoms with E-state index in [9.17, 15) is 4.79 Å². The number of fused-ring (bicyclic) bond motifs is 1. The number of rotatable bonds is 2. The summed E-state index contributed by atoms with van der Waals surface area (Å²) in [5, 5.41) is 7.79. The number of carbonyl (C=O) groups is 1. The molecule has 2 N–H and O–H groups in total. The first-order valence-electron chi connectivity index (χ1n) is 7.44. The lowest BCUT2D eigenvalue weighted by atomic mass is 9.96. The third-order valence-electron chi connectivity index (χ3n) is 3.91. The van der Waals surface area contributed by atoms with Crippen LogP contribution in [0.5, 0.6) is 0 Å². The molecular weight excluding hydrogens is 336 g/mol. The molecule has 1 amide bonds. The molecule has 3 rings (SSSR count). The van der Waals surface area contributed by atoms with Crippen molar-refractivity contribution in [3.63, 3.8) is 0 Å². The van der Waals surface area contributed by atoms with Crippen molar-refractivity contribution in [1.82, 2.24) is 10.6 Å².